The molecule has 248 valence electrons. The summed E-state index contributed by atoms with van der Waals surface area (Å²) in [7, 11) is 0. The number of unbranched alkanes of at least 4 members (excludes halogenated alkanes) is 14. The van der Waals surface area contributed by atoms with Gasteiger partial charge in [-0.3, -0.25) is 0 Å². The minimum absolute atomic E-state index is 0.0248. The average molecular weight is 605 g/mol. The molecule has 5 atom stereocenters. The molecular weight excluding hydrogens is 544 g/mol. The molecule has 0 aromatic heterocycles. The minimum Gasteiger partial charge on any atom is -0.499 e. The van der Waals surface area contributed by atoms with Crippen molar-refractivity contribution in [2.45, 2.75) is 154 Å². The lowest BCUT2D eigenvalue weighted by atomic mass is 10.0. The highest BCUT2D eigenvalue weighted by atomic mass is 16.6. The van der Waals surface area contributed by atoms with Gasteiger partial charge in [-0.25, -0.2) is 4.79 Å². The number of aliphatic hydroxyl groups excluding tert-OH is 5. The van der Waals surface area contributed by atoms with Gasteiger partial charge in [-0.15, -0.1) is 0 Å². The van der Waals surface area contributed by atoms with Gasteiger partial charge in [-0.05, 0) is 12.8 Å². The molecule has 3 unspecified atom stereocenters. The van der Waals surface area contributed by atoms with Crippen LogP contribution in [0.5, 0.6) is 0 Å². The lowest BCUT2D eigenvalue weighted by molar-refractivity contribution is -0.150. The molecule has 0 fully saturated rings. The summed E-state index contributed by atoms with van der Waals surface area (Å²) < 4.78 is 22.3. The van der Waals surface area contributed by atoms with Crippen LogP contribution in [0.25, 0.3) is 0 Å². The second-order valence-corrected chi connectivity index (χ2v) is 11.5. The van der Waals surface area contributed by atoms with Crippen molar-refractivity contribution in [3.05, 3.63) is 11.5 Å². The molecule has 0 saturated carbocycles. The highest BCUT2D eigenvalue weighted by Crippen LogP contribution is 2.28. The van der Waals surface area contributed by atoms with Crippen molar-refractivity contribution in [1.82, 2.24) is 0 Å². The summed E-state index contributed by atoms with van der Waals surface area (Å²) in [6, 6.07) is 0. The summed E-state index contributed by atoms with van der Waals surface area (Å²) in [5.41, 5.74) is 0. The van der Waals surface area contributed by atoms with Gasteiger partial charge in [0.05, 0.1) is 25.9 Å². The van der Waals surface area contributed by atoms with E-state index in [2.05, 4.69) is 6.92 Å². The summed E-state index contributed by atoms with van der Waals surface area (Å²) in [5, 5.41) is 50.3. The second-order valence-electron chi connectivity index (χ2n) is 11.5. The van der Waals surface area contributed by atoms with E-state index in [1.54, 1.807) is 0 Å². The van der Waals surface area contributed by atoms with Gasteiger partial charge in [-0.2, -0.15) is 0 Å². The van der Waals surface area contributed by atoms with E-state index < -0.39 is 55.5 Å². The maximum atomic E-state index is 11.9. The molecule has 0 saturated heterocycles. The Hall–Kier alpha value is -1.43. The van der Waals surface area contributed by atoms with Crippen LogP contribution in [0.15, 0.2) is 11.5 Å². The molecule has 1 aliphatic rings. The Morgan fingerprint density at radius 2 is 1.29 bits per heavy atom. The molecule has 0 bridgehead atoms. The van der Waals surface area contributed by atoms with Crippen LogP contribution in [0.4, 0.5) is 0 Å². The number of hydrogen-bond acceptors (Lipinski definition) is 10. The Morgan fingerprint density at radius 3 is 1.81 bits per heavy atom. The Morgan fingerprint density at radius 1 is 0.738 bits per heavy atom. The Kier molecular flexibility index (Phi) is 22.9. The van der Waals surface area contributed by atoms with Crippen molar-refractivity contribution in [3.8, 4) is 0 Å². The third-order valence-corrected chi connectivity index (χ3v) is 7.62. The van der Waals surface area contributed by atoms with Crippen LogP contribution in [0.2, 0.25) is 0 Å². The van der Waals surface area contributed by atoms with Crippen molar-refractivity contribution >= 4 is 5.97 Å². The van der Waals surface area contributed by atoms with E-state index in [0.717, 1.165) is 32.1 Å². The normalized spacial score (nSPS) is 18.2. The highest BCUT2D eigenvalue weighted by Gasteiger charge is 2.43. The summed E-state index contributed by atoms with van der Waals surface area (Å²) in [6.45, 7) is 4.04. The Labute approximate surface area is 253 Å². The van der Waals surface area contributed by atoms with Gasteiger partial charge >= 0.3 is 5.97 Å². The molecule has 5 N–H and O–H groups in total. The van der Waals surface area contributed by atoms with Crippen molar-refractivity contribution in [3.63, 3.8) is 0 Å². The van der Waals surface area contributed by atoms with Gasteiger partial charge in [0.25, 0.3) is 0 Å². The maximum absolute atomic E-state index is 11.9. The van der Waals surface area contributed by atoms with E-state index in [9.17, 15) is 30.3 Å². The number of rotatable bonds is 29. The quantitative estimate of drug-likeness (QED) is 0.0591. The fraction of sp³-hybridized carbons (Fsp3) is 0.906. The lowest BCUT2D eigenvalue weighted by Gasteiger charge is -2.30. The molecule has 1 heterocycles. The fourth-order valence-electron chi connectivity index (χ4n) is 4.98. The molecule has 1 rings (SSSR count). The largest absolute Gasteiger partial charge is 0.499 e. The monoisotopic (exact) mass is 604 g/mol. The van der Waals surface area contributed by atoms with Crippen LogP contribution in [0.1, 0.15) is 123 Å². The molecule has 0 amide bonds. The number of aliphatic hydroxyl groups is 5. The van der Waals surface area contributed by atoms with E-state index in [0.29, 0.717) is 13.2 Å². The third kappa shape index (κ3) is 16.4. The Bertz CT molecular complexity index is 701. The highest BCUT2D eigenvalue weighted by molar-refractivity contribution is 5.89. The van der Waals surface area contributed by atoms with Gasteiger partial charge in [0, 0.05) is 19.6 Å². The molecule has 0 aliphatic carbocycles. The minimum atomic E-state index is -1.51. The van der Waals surface area contributed by atoms with Crippen LogP contribution < -0.4 is 0 Å². The van der Waals surface area contributed by atoms with Gasteiger partial charge < -0.3 is 44.5 Å². The van der Waals surface area contributed by atoms with Crippen molar-refractivity contribution < 1.29 is 49.3 Å². The lowest BCUT2D eigenvalue weighted by Crippen LogP contribution is -2.41. The third-order valence-electron chi connectivity index (χ3n) is 7.62. The number of ether oxygens (including phenoxy) is 4. The van der Waals surface area contributed by atoms with Crippen LogP contribution in [-0.2, 0) is 23.7 Å². The summed E-state index contributed by atoms with van der Waals surface area (Å²) in [4.78, 5) is 11.9. The van der Waals surface area contributed by atoms with Gasteiger partial charge in [0.1, 0.15) is 18.3 Å². The zero-order chi connectivity index (χ0) is 31.0. The molecule has 42 heavy (non-hydrogen) atoms. The van der Waals surface area contributed by atoms with Gasteiger partial charge in [0.15, 0.2) is 11.9 Å². The number of carbonyl (C=O) groups is 1. The molecule has 10 heteroatoms. The first-order chi connectivity index (χ1) is 20.4. The van der Waals surface area contributed by atoms with Crippen LogP contribution in [0.3, 0.4) is 0 Å². The summed E-state index contributed by atoms with van der Waals surface area (Å²) in [5.74, 6) is -2.27. The summed E-state index contributed by atoms with van der Waals surface area (Å²) in [6.07, 6.45) is 13.4. The average Bonchev–Trinajstić information content (AvgIpc) is 3.27. The van der Waals surface area contributed by atoms with E-state index in [1.807, 2.05) is 6.92 Å². The van der Waals surface area contributed by atoms with E-state index in [1.165, 1.54) is 70.6 Å². The first-order valence-electron chi connectivity index (χ1n) is 16.5. The molecule has 0 radical (unpaired) electrons. The number of cyclic esters (lactones) is 1. The van der Waals surface area contributed by atoms with Crippen molar-refractivity contribution in [1.29, 1.82) is 0 Å². The topological polar surface area (TPSA) is 155 Å². The standard InChI is InChI=1S/C32H60O10/c1-3-5-7-8-9-10-11-12-13-14-15-16-17-18-20-40-28(23-34)27(21-25(35)24-39-19-6-4-2)41-31-29(37)32(38)42-30(31)26(36)22-33/h25-28,30,33-37H,3-24H2,1-2H3/t25?,26-,27?,28?,30+/m0/s1. The SMILES string of the molecule is CCCCCCCCCCCCCCCCOC(CO)C(CC(O)COCCCC)OC1=C(O)C(=O)O[C@@H]1[C@@H](O)CO. The van der Waals surface area contributed by atoms with E-state index >= 15 is 0 Å². The molecule has 10 nitrogen and oxygen atoms in total. The summed E-state index contributed by atoms with van der Waals surface area (Å²) >= 11 is 0. The zero-order valence-electron chi connectivity index (χ0n) is 26.2. The smallest absolute Gasteiger partial charge is 0.378 e. The van der Waals surface area contributed by atoms with Crippen LogP contribution in [-0.4, -0.2) is 95.1 Å². The van der Waals surface area contributed by atoms with Crippen LogP contribution in [0, 0.1) is 0 Å². The fourth-order valence-corrected chi connectivity index (χ4v) is 4.98. The molecule has 0 aromatic rings. The second kappa shape index (κ2) is 25.0. The maximum Gasteiger partial charge on any atom is 0.378 e. The van der Waals surface area contributed by atoms with Gasteiger partial charge in [-0.1, -0.05) is 104 Å². The molecular formula is C32H60O10. The Balaban J connectivity index is 2.50. The predicted octanol–water partition coefficient (Wildman–Crippen LogP) is 4.85. The predicted molar refractivity (Wildman–Crippen MR) is 161 cm³/mol. The number of carbonyl (C=O) groups excluding carboxylic acids is 1. The first-order valence-corrected chi connectivity index (χ1v) is 16.5. The van der Waals surface area contributed by atoms with Crippen molar-refractivity contribution in [2.24, 2.45) is 0 Å². The first kappa shape index (κ1) is 38.6. The molecule has 0 spiro atoms. The van der Waals surface area contributed by atoms with E-state index in [-0.39, 0.29) is 18.8 Å². The molecule has 1 aliphatic heterocycles. The number of hydrogen-bond donors (Lipinski definition) is 5. The van der Waals surface area contributed by atoms with Crippen molar-refractivity contribution in [2.75, 3.05) is 33.0 Å². The molecule has 0 aromatic carbocycles. The van der Waals surface area contributed by atoms with Gasteiger partial charge in [0.2, 0.25) is 5.76 Å². The zero-order valence-corrected chi connectivity index (χ0v) is 26.2. The number of esters is 1. The van der Waals surface area contributed by atoms with E-state index in [4.69, 9.17) is 18.9 Å². The van der Waals surface area contributed by atoms with Crippen LogP contribution >= 0.6 is 0 Å².